The van der Waals surface area contributed by atoms with Gasteiger partial charge in [-0.1, -0.05) is 27.7 Å². The topological polar surface area (TPSA) is 147 Å². The molecule has 0 unspecified atom stereocenters. The van der Waals surface area contributed by atoms with Crippen LogP contribution in [0.15, 0.2) is 0 Å². The second-order valence-corrected chi connectivity index (χ2v) is 7.98. The van der Waals surface area contributed by atoms with Gasteiger partial charge in [0.05, 0.1) is 6.04 Å². The van der Waals surface area contributed by atoms with E-state index >= 15 is 0 Å². The first-order valence-corrected chi connectivity index (χ1v) is 10.1. The van der Waals surface area contributed by atoms with Gasteiger partial charge < -0.3 is 21.7 Å². The van der Waals surface area contributed by atoms with Crippen molar-refractivity contribution in [2.24, 2.45) is 17.6 Å². The zero-order chi connectivity index (χ0) is 22.6. The minimum Gasteiger partial charge on any atom is -0.344 e. The highest BCUT2D eigenvalue weighted by molar-refractivity contribution is 6.28. The summed E-state index contributed by atoms with van der Waals surface area (Å²) in [5.74, 6) is -2.17. The van der Waals surface area contributed by atoms with Crippen molar-refractivity contribution in [1.82, 2.24) is 16.0 Å². The lowest BCUT2D eigenvalue weighted by Gasteiger charge is -2.27. The molecule has 29 heavy (non-hydrogen) atoms. The number of hydrogen-bond acceptors (Lipinski definition) is 6. The molecule has 0 aromatic heterocycles. The highest BCUT2D eigenvalue weighted by Crippen LogP contribution is 2.09. The SMILES string of the molecule is CC(=O)N[C@@H](C(=O)N[C@@H](CC(C)C)C(=O)N[C@@H](CCCCN)C(=O)C=O)C(C)C. The second-order valence-electron chi connectivity index (χ2n) is 7.98. The van der Waals surface area contributed by atoms with Crippen LogP contribution in [0, 0.1) is 11.8 Å². The fourth-order valence-electron chi connectivity index (χ4n) is 2.85. The molecule has 0 rings (SSSR count). The number of hydrogen-bond donors (Lipinski definition) is 4. The maximum absolute atomic E-state index is 12.8. The first-order chi connectivity index (χ1) is 13.5. The minimum atomic E-state index is -0.950. The summed E-state index contributed by atoms with van der Waals surface area (Å²) in [6.07, 6.45) is 2.07. The van der Waals surface area contributed by atoms with Crippen molar-refractivity contribution in [3.8, 4) is 0 Å². The summed E-state index contributed by atoms with van der Waals surface area (Å²) in [6.45, 7) is 9.13. The second kappa shape index (κ2) is 13.8. The molecule has 0 aliphatic heterocycles. The third-order valence-electron chi connectivity index (χ3n) is 4.37. The van der Waals surface area contributed by atoms with E-state index in [0.29, 0.717) is 32.2 Å². The van der Waals surface area contributed by atoms with Crippen LogP contribution in [0.25, 0.3) is 0 Å². The van der Waals surface area contributed by atoms with Crippen molar-refractivity contribution in [3.63, 3.8) is 0 Å². The van der Waals surface area contributed by atoms with Gasteiger partial charge in [-0.15, -0.1) is 0 Å². The fourth-order valence-corrected chi connectivity index (χ4v) is 2.85. The average molecular weight is 413 g/mol. The van der Waals surface area contributed by atoms with Crippen LogP contribution < -0.4 is 21.7 Å². The minimum absolute atomic E-state index is 0.0850. The van der Waals surface area contributed by atoms with Gasteiger partial charge in [0, 0.05) is 6.92 Å². The van der Waals surface area contributed by atoms with Crippen molar-refractivity contribution >= 4 is 29.8 Å². The average Bonchev–Trinajstić information content (AvgIpc) is 2.63. The Morgan fingerprint density at radius 3 is 1.93 bits per heavy atom. The Kier molecular flexibility index (Phi) is 12.7. The first-order valence-electron chi connectivity index (χ1n) is 10.1. The first kappa shape index (κ1) is 26.7. The molecular formula is C20H36N4O5. The highest BCUT2D eigenvalue weighted by atomic mass is 16.2. The molecule has 9 nitrogen and oxygen atoms in total. The Bertz CT molecular complexity index is 577. The highest BCUT2D eigenvalue weighted by Gasteiger charge is 2.30. The number of amides is 3. The lowest BCUT2D eigenvalue weighted by molar-refractivity contribution is -0.135. The monoisotopic (exact) mass is 412 g/mol. The van der Waals surface area contributed by atoms with E-state index in [9.17, 15) is 24.0 Å². The third-order valence-corrected chi connectivity index (χ3v) is 4.37. The summed E-state index contributed by atoms with van der Waals surface area (Å²) in [4.78, 5) is 59.6. The Morgan fingerprint density at radius 2 is 1.48 bits per heavy atom. The Labute approximate surface area is 172 Å². The molecule has 0 bridgehead atoms. The number of ketones is 1. The van der Waals surface area contributed by atoms with Crippen molar-refractivity contribution in [2.45, 2.75) is 78.4 Å². The summed E-state index contributed by atoms with van der Waals surface area (Å²) < 4.78 is 0. The Hall–Kier alpha value is -2.29. The van der Waals surface area contributed by atoms with Gasteiger partial charge in [-0.3, -0.25) is 24.0 Å². The molecular weight excluding hydrogens is 376 g/mol. The van der Waals surface area contributed by atoms with E-state index in [1.165, 1.54) is 6.92 Å². The van der Waals surface area contributed by atoms with E-state index in [-0.39, 0.29) is 24.0 Å². The predicted molar refractivity (Wildman–Crippen MR) is 110 cm³/mol. The van der Waals surface area contributed by atoms with E-state index in [1.807, 2.05) is 13.8 Å². The number of Topliss-reactive ketones (excluding diaryl/α,β-unsaturated/α-hetero) is 1. The van der Waals surface area contributed by atoms with Crippen LogP contribution in [0.4, 0.5) is 0 Å². The van der Waals surface area contributed by atoms with E-state index < -0.39 is 35.7 Å². The summed E-state index contributed by atoms with van der Waals surface area (Å²) in [6, 6.07) is -2.63. The van der Waals surface area contributed by atoms with Crippen LogP contribution in [-0.2, 0) is 24.0 Å². The summed E-state index contributed by atoms with van der Waals surface area (Å²) in [5, 5.41) is 7.85. The van der Waals surface area contributed by atoms with Crippen LogP contribution >= 0.6 is 0 Å². The van der Waals surface area contributed by atoms with Gasteiger partial charge in [0.2, 0.25) is 23.5 Å². The van der Waals surface area contributed by atoms with Crippen LogP contribution in [0.5, 0.6) is 0 Å². The van der Waals surface area contributed by atoms with Crippen LogP contribution in [0.2, 0.25) is 0 Å². The molecule has 0 aliphatic carbocycles. The number of rotatable bonds is 14. The van der Waals surface area contributed by atoms with E-state index in [0.717, 1.165) is 0 Å². The van der Waals surface area contributed by atoms with Gasteiger partial charge in [0.1, 0.15) is 12.1 Å². The normalized spacial score (nSPS) is 14.1. The Balaban J connectivity index is 5.32. The number of unbranched alkanes of at least 4 members (excludes halogenated alkanes) is 1. The molecule has 0 fully saturated rings. The standard InChI is InChI=1S/C20H36N4O5/c1-12(2)10-16(24-20(29)18(13(3)4)22-14(5)26)19(28)23-15(17(27)11-25)8-6-7-9-21/h11-13,15-16,18H,6-10,21H2,1-5H3,(H,22,26)(H,23,28)(H,24,29)/t15-,16-,18+/m0/s1. The van der Waals surface area contributed by atoms with Crippen molar-refractivity contribution in [1.29, 1.82) is 0 Å². The number of carbonyl (C=O) groups excluding carboxylic acids is 5. The maximum Gasteiger partial charge on any atom is 0.243 e. The van der Waals surface area contributed by atoms with Gasteiger partial charge in [-0.2, -0.15) is 0 Å². The molecule has 3 amide bonds. The van der Waals surface area contributed by atoms with E-state index in [1.54, 1.807) is 13.8 Å². The lowest BCUT2D eigenvalue weighted by atomic mass is 9.99. The van der Waals surface area contributed by atoms with Crippen molar-refractivity contribution in [3.05, 3.63) is 0 Å². The molecule has 0 aliphatic rings. The molecule has 0 heterocycles. The predicted octanol–water partition coefficient (Wildman–Crippen LogP) is 0.0598. The molecule has 0 saturated carbocycles. The molecule has 5 N–H and O–H groups in total. The van der Waals surface area contributed by atoms with Gasteiger partial charge in [0.25, 0.3) is 0 Å². The molecule has 166 valence electrons. The van der Waals surface area contributed by atoms with Crippen molar-refractivity contribution in [2.75, 3.05) is 6.54 Å². The number of carbonyl (C=O) groups is 5. The van der Waals surface area contributed by atoms with Crippen LogP contribution in [0.1, 0.15) is 60.3 Å². The summed E-state index contributed by atoms with van der Waals surface area (Å²) in [7, 11) is 0. The molecule has 9 heteroatoms. The zero-order valence-electron chi connectivity index (χ0n) is 18.1. The van der Waals surface area contributed by atoms with Gasteiger partial charge in [-0.25, -0.2) is 0 Å². The Morgan fingerprint density at radius 1 is 0.897 bits per heavy atom. The van der Waals surface area contributed by atoms with E-state index in [4.69, 9.17) is 5.73 Å². The van der Waals surface area contributed by atoms with Crippen LogP contribution in [-0.4, -0.2) is 54.5 Å². The molecule has 0 aromatic rings. The molecule has 3 atom stereocenters. The molecule has 0 aromatic carbocycles. The summed E-state index contributed by atoms with van der Waals surface area (Å²) in [5.41, 5.74) is 5.45. The maximum atomic E-state index is 12.8. The number of aldehydes is 1. The zero-order valence-corrected chi connectivity index (χ0v) is 18.1. The smallest absolute Gasteiger partial charge is 0.243 e. The molecule has 0 spiro atoms. The number of nitrogens with two attached hydrogens (primary N) is 1. The molecule has 0 radical (unpaired) electrons. The number of nitrogens with one attached hydrogen (secondary N) is 3. The van der Waals surface area contributed by atoms with Gasteiger partial charge in [-0.05, 0) is 44.1 Å². The van der Waals surface area contributed by atoms with Gasteiger partial charge >= 0.3 is 0 Å². The fraction of sp³-hybridized carbons (Fsp3) is 0.750. The largest absolute Gasteiger partial charge is 0.344 e. The quantitative estimate of drug-likeness (QED) is 0.180. The van der Waals surface area contributed by atoms with Crippen molar-refractivity contribution < 1.29 is 24.0 Å². The van der Waals surface area contributed by atoms with Crippen LogP contribution in [0.3, 0.4) is 0 Å². The molecule has 0 saturated heterocycles. The van der Waals surface area contributed by atoms with E-state index in [2.05, 4.69) is 16.0 Å². The third kappa shape index (κ3) is 10.7. The summed E-state index contributed by atoms with van der Waals surface area (Å²) >= 11 is 0. The lowest BCUT2D eigenvalue weighted by Crippen LogP contribution is -2.57. The van der Waals surface area contributed by atoms with Gasteiger partial charge in [0.15, 0.2) is 6.29 Å².